The number of hydrogen-bond donors (Lipinski definition) is 0. The first-order valence-electron chi connectivity index (χ1n) is 10.3. The highest BCUT2D eigenvalue weighted by Crippen LogP contribution is 2.38. The molecule has 1 unspecified atom stereocenters. The lowest BCUT2D eigenvalue weighted by Gasteiger charge is -2.30. The van der Waals surface area contributed by atoms with Crippen LogP contribution in [-0.4, -0.2) is 24.0 Å². The summed E-state index contributed by atoms with van der Waals surface area (Å²) in [5, 5.41) is 0. The second-order valence-electron chi connectivity index (χ2n) is 7.61. The maximum absolute atomic E-state index is 13.5. The fourth-order valence-electron chi connectivity index (χ4n) is 3.56. The summed E-state index contributed by atoms with van der Waals surface area (Å²) in [5.41, 5.74) is 2.48. The largest absolute Gasteiger partial charge is 0.497 e. The van der Waals surface area contributed by atoms with E-state index in [9.17, 15) is 4.79 Å². The van der Waals surface area contributed by atoms with Gasteiger partial charge < -0.3 is 14.4 Å². The molecule has 1 aliphatic carbocycles. The zero-order valence-corrected chi connectivity index (χ0v) is 17.3. The molecule has 30 heavy (non-hydrogen) atoms. The zero-order chi connectivity index (χ0) is 20.9. The van der Waals surface area contributed by atoms with Gasteiger partial charge in [-0.25, -0.2) is 4.98 Å². The predicted octanol–water partition coefficient (Wildman–Crippen LogP) is 5.11. The molecule has 4 rings (SSSR count). The van der Waals surface area contributed by atoms with Crippen LogP contribution in [0.2, 0.25) is 0 Å². The number of carbonyl (C=O) groups is 1. The number of hydrogen-bond acceptors (Lipinski definition) is 4. The van der Waals surface area contributed by atoms with Gasteiger partial charge in [-0.2, -0.15) is 0 Å². The van der Waals surface area contributed by atoms with Crippen molar-refractivity contribution >= 4 is 11.6 Å². The average Bonchev–Trinajstić information content (AvgIpc) is 3.65. The van der Waals surface area contributed by atoms with Crippen molar-refractivity contribution in [1.82, 2.24) is 4.98 Å². The standard InChI is InChI=1S/C25H26N2O3/c1-18(20-8-9-20)27(22-10-12-23(29-2)13-11-22)25(28)21-14-15-26-24(16-21)30-17-19-6-4-3-5-7-19/h3-7,10-16,18,20H,8-9,17H2,1-2H3. The van der Waals surface area contributed by atoms with Crippen molar-refractivity contribution in [2.45, 2.75) is 32.4 Å². The molecule has 154 valence electrons. The highest BCUT2D eigenvalue weighted by molar-refractivity contribution is 6.06. The summed E-state index contributed by atoms with van der Waals surface area (Å²) in [6.45, 7) is 2.53. The lowest BCUT2D eigenvalue weighted by atomic mass is 10.1. The van der Waals surface area contributed by atoms with Crippen molar-refractivity contribution in [3.63, 3.8) is 0 Å². The van der Waals surface area contributed by atoms with Crippen molar-refractivity contribution < 1.29 is 14.3 Å². The Bertz CT molecular complexity index is 985. The first-order valence-corrected chi connectivity index (χ1v) is 10.3. The SMILES string of the molecule is COc1ccc(N(C(=O)c2ccnc(OCc3ccccc3)c2)C(C)C2CC2)cc1. The topological polar surface area (TPSA) is 51.7 Å². The van der Waals surface area contributed by atoms with E-state index in [0.29, 0.717) is 24.0 Å². The number of carbonyl (C=O) groups excluding carboxylic acids is 1. The average molecular weight is 402 g/mol. The molecular weight excluding hydrogens is 376 g/mol. The molecule has 1 saturated carbocycles. The van der Waals surface area contributed by atoms with Gasteiger partial charge in [0.05, 0.1) is 7.11 Å². The number of anilines is 1. The summed E-state index contributed by atoms with van der Waals surface area (Å²) in [6, 6.07) is 21.1. The Morgan fingerprint density at radius 3 is 2.50 bits per heavy atom. The second kappa shape index (κ2) is 8.99. The summed E-state index contributed by atoms with van der Waals surface area (Å²) in [5.74, 6) is 1.70. The van der Waals surface area contributed by atoms with Crippen LogP contribution in [0.25, 0.3) is 0 Å². The van der Waals surface area contributed by atoms with E-state index >= 15 is 0 Å². The molecule has 1 aliphatic rings. The molecule has 0 radical (unpaired) electrons. The minimum absolute atomic E-state index is 0.0495. The van der Waals surface area contributed by atoms with Gasteiger partial charge in [-0.3, -0.25) is 4.79 Å². The second-order valence-corrected chi connectivity index (χ2v) is 7.61. The monoisotopic (exact) mass is 402 g/mol. The third-order valence-corrected chi connectivity index (χ3v) is 5.49. The highest BCUT2D eigenvalue weighted by atomic mass is 16.5. The summed E-state index contributed by atoms with van der Waals surface area (Å²) >= 11 is 0. The van der Waals surface area contributed by atoms with Crippen molar-refractivity contribution in [2.24, 2.45) is 5.92 Å². The molecule has 1 fully saturated rings. The van der Waals surface area contributed by atoms with E-state index in [2.05, 4.69) is 11.9 Å². The highest BCUT2D eigenvalue weighted by Gasteiger charge is 2.35. The molecule has 0 N–H and O–H groups in total. The molecule has 1 atom stereocenters. The molecule has 0 saturated heterocycles. The van der Waals surface area contributed by atoms with Crippen molar-refractivity contribution in [3.8, 4) is 11.6 Å². The number of nitrogens with zero attached hydrogens (tertiary/aromatic N) is 2. The number of aromatic nitrogens is 1. The fraction of sp³-hybridized carbons (Fsp3) is 0.280. The molecule has 1 heterocycles. The van der Waals surface area contributed by atoms with E-state index in [1.54, 1.807) is 25.4 Å². The van der Waals surface area contributed by atoms with Gasteiger partial charge in [0.1, 0.15) is 12.4 Å². The Morgan fingerprint density at radius 2 is 1.83 bits per heavy atom. The van der Waals surface area contributed by atoms with Crippen LogP contribution in [0.5, 0.6) is 11.6 Å². The molecule has 0 bridgehead atoms. The number of ether oxygens (including phenoxy) is 2. The van der Waals surface area contributed by atoms with Gasteiger partial charge in [0, 0.05) is 29.6 Å². The Balaban J connectivity index is 1.56. The molecule has 5 heteroatoms. The number of methoxy groups -OCH3 is 1. The smallest absolute Gasteiger partial charge is 0.258 e. The number of rotatable bonds is 8. The van der Waals surface area contributed by atoms with Gasteiger partial charge in [0.2, 0.25) is 5.88 Å². The summed E-state index contributed by atoms with van der Waals surface area (Å²) in [6.07, 6.45) is 3.94. The molecule has 2 aromatic carbocycles. The van der Waals surface area contributed by atoms with Gasteiger partial charge in [-0.05, 0) is 61.6 Å². The van der Waals surface area contributed by atoms with Crippen LogP contribution in [0.3, 0.4) is 0 Å². The summed E-state index contributed by atoms with van der Waals surface area (Å²) < 4.78 is 11.1. The normalized spacial score (nSPS) is 14.1. The third-order valence-electron chi connectivity index (χ3n) is 5.49. The first kappa shape index (κ1) is 20.0. The number of benzene rings is 2. The quantitative estimate of drug-likeness (QED) is 0.525. The van der Waals surface area contributed by atoms with Gasteiger partial charge in [-0.1, -0.05) is 30.3 Å². The Labute approximate surface area is 177 Å². The van der Waals surface area contributed by atoms with Crippen LogP contribution < -0.4 is 14.4 Å². The maximum atomic E-state index is 13.5. The van der Waals surface area contributed by atoms with Crippen molar-refractivity contribution in [1.29, 1.82) is 0 Å². The summed E-state index contributed by atoms with van der Waals surface area (Å²) in [7, 11) is 1.64. The molecule has 1 amide bonds. The van der Waals surface area contributed by atoms with E-state index < -0.39 is 0 Å². The van der Waals surface area contributed by atoms with Crippen LogP contribution in [0, 0.1) is 5.92 Å². The minimum Gasteiger partial charge on any atom is -0.497 e. The summed E-state index contributed by atoms with van der Waals surface area (Å²) in [4.78, 5) is 19.7. The van der Waals surface area contributed by atoms with Gasteiger partial charge in [0.15, 0.2) is 0 Å². The lowest BCUT2D eigenvalue weighted by molar-refractivity contribution is 0.0975. The zero-order valence-electron chi connectivity index (χ0n) is 17.3. The van der Waals surface area contributed by atoms with Crippen LogP contribution in [0.4, 0.5) is 5.69 Å². The Hall–Kier alpha value is -3.34. The predicted molar refractivity (Wildman–Crippen MR) is 117 cm³/mol. The van der Waals surface area contributed by atoms with E-state index in [1.807, 2.05) is 59.5 Å². The molecular formula is C25H26N2O3. The maximum Gasteiger partial charge on any atom is 0.258 e. The van der Waals surface area contributed by atoms with Gasteiger partial charge >= 0.3 is 0 Å². The molecule has 0 spiro atoms. The van der Waals surface area contributed by atoms with E-state index in [-0.39, 0.29) is 11.9 Å². The molecule has 5 nitrogen and oxygen atoms in total. The minimum atomic E-state index is -0.0495. The van der Waals surface area contributed by atoms with Crippen molar-refractivity contribution in [2.75, 3.05) is 12.0 Å². The Morgan fingerprint density at radius 1 is 1.10 bits per heavy atom. The molecule has 3 aromatic rings. The third kappa shape index (κ3) is 4.62. The van der Waals surface area contributed by atoms with Crippen LogP contribution in [0.15, 0.2) is 72.9 Å². The van der Waals surface area contributed by atoms with Gasteiger partial charge in [-0.15, -0.1) is 0 Å². The number of amides is 1. The van der Waals surface area contributed by atoms with Crippen LogP contribution >= 0.6 is 0 Å². The van der Waals surface area contributed by atoms with Crippen LogP contribution in [-0.2, 0) is 6.61 Å². The molecule has 0 aliphatic heterocycles. The number of pyridine rings is 1. The van der Waals surface area contributed by atoms with Crippen LogP contribution in [0.1, 0.15) is 35.7 Å². The lowest BCUT2D eigenvalue weighted by Crippen LogP contribution is -2.40. The Kier molecular flexibility index (Phi) is 5.98. The molecule has 1 aromatic heterocycles. The van der Waals surface area contributed by atoms with E-state index in [0.717, 1.165) is 29.8 Å². The fourth-order valence-corrected chi connectivity index (χ4v) is 3.56. The van der Waals surface area contributed by atoms with Gasteiger partial charge in [0.25, 0.3) is 5.91 Å². The van der Waals surface area contributed by atoms with Crippen molar-refractivity contribution in [3.05, 3.63) is 84.1 Å². The van der Waals surface area contributed by atoms with E-state index in [4.69, 9.17) is 9.47 Å². The van der Waals surface area contributed by atoms with E-state index in [1.165, 1.54) is 0 Å². The first-order chi connectivity index (χ1) is 14.7.